The number of aliphatic carboxylic acids is 3. The first-order chi connectivity index (χ1) is 33.0. The number of carbonyl (C=O) groups excluding carboxylic acids is 3. The van der Waals surface area contributed by atoms with Crippen molar-refractivity contribution in [2.24, 2.45) is 38.7 Å². The van der Waals surface area contributed by atoms with Crippen molar-refractivity contribution in [1.82, 2.24) is 16.0 Å². The van der Waals surface area contributed by atoms with Gasteiger partial charge in [0.15, 0.2) is 11.9 Å². The lowest BCUT2D eigenvalue weighted by Gasteiger charge is -2.14. The molecule has 20 nitrogen and oxygen atoms in total. The Kier molecular flexibility index (Phi) is 37.5. The standard InChI is InChI=1S/C15H28N4O3S2.C15H27N3O3S2.C13H24N4O3S2/c16-15(17)18-9-4-3-6-12(14(21)22)19-13(20)7-2-1-5-11-8-10-23-24-11;16-13(17)7-3-2-6-12(15(20)21)18-14(19)8-4-1-5-11-9-10-22-23-11;14-13(15)16-7-5-10(12(19)20)17-11(18)4-2-1-3-9-6-8-21-22-9/h11-12H,1-10H2,(H,19,20)(H,21,22)(H4,16,17,18);11-12H,1-10H2,(H3,16,17)(H,18,19)(H,20,21);9-10H,1-8H2,(H,17,18)(H,19,20)(H4,14,15,16)/t2*11-,12+;9-,10+/m111/s1. The molecule has 0 aromatic heterocycles. The quantitative estimate of drug-likeness (QED) is 0.0166. The van der Waals surface area contributed by atoms with Gasteiger partial charge < -0.3 is 59.9 Å². The van der Waals surface area contributed by atoms with Gasteiger partial charge in [-0.3, -0.25) is 29.8 Å². The van der Waals surface area contributed by atoms with E-state index >= 15 is 0 Å². The molecule has 0 aromatic rings. The van der Waals surface area contributed by atoms with E-state index in [1.54, 1.807) is 0 Å². The van der Waals surface area contributed by atoms with Crippen LogP contribution in [0, 0.1) is 5.41 Å². The molecule has 0 unspecified atom stereocenters. The van der Waals surface area contributed by atoms with E-state index in [0.29, 0.717) is 76.0 Å². The summed E-state index contributed by atoms with van der Waals surface area (Å²) in [4.78, 5) is 76.6. The van der Waals surface area contributed by atoms with Crippen LogP contribution in [-0.4, -0.2) is 133 Å². The third kappa shape index (κ3) is 36.5. The maximum Gasteiger partial charge on any atom is 0.326 e. The Morgan fingerprint density at radius 3 is 1.13 bits per heavy atom. The van der Waals surface area contributed by atoms with E-state index in [9.17, 15) is 33.9 Å². The molecule has 26 heteroatoms. The highest BCUT2D eigenvalue weighted by Gasteiger charge is 2.23. The lowest BCUT2D eigenvalue weighted by Crippen LogP contribution is -2.41. The zero-order valence-corrected chi connectivity index (χ0v) is 44.7. The highest BCUT2D eigenvalue weighted by Crippen LogP contribution is 2.41. The topological polar surface area (TPSA) is 378 Å². The van der Waals surface area contributed by atoms with Crippen molar-refractivity contribution in [3.8, 4) is 0 Å². The Labute approximate surface area is 431 Å². The first kappa shape index (κ1) is 63.9. The van der Waals surface area contributed by atoms with Gasteiger partial charge >= 0.3 is 17.9 Å². The van der Waals surface area contributed by atoms with Gasteiger partial charge in [-0.2, -0.15) is 0 Å². The van der Waals surface area contributed by atoms with Gasteiger partial charge in [0.25, 0.3) is 0 Å². The van der Waals surface area contributed by atoms with Crippen molar-refractivity contribution in [2.75, 3.05) is 30.3 Å². The molecule has 17 N–H and O–H groups in total. The summed E-state index contributed by atoms with van der Waals surface area (Å²) in [5.74, 6) is 0.0582. The molecule has 3 heterocycles. The SMILES string of the molecule is N=C(N)CCCC[C@H](NC(=O)CCCC[C@@H]1CCSS1)C(=O)O.NC(N)=NCCCC[C@H](NC(=O)CCCC[C@@H]1CCSS1)C(=O)O.NC(N)=NCC[C@H](NC(=O)CCCC[C@@H]1CCSS1)C(=O)O. The van der Waals surface area contributed by atoms with Crippen molar-refractivity contribution in [3.05, 3.63) is 0 Å². The van der Waals surface area contributed by atoms with Gasteiger partial charge in [0.05, 0.1) is 5.84 Å². The molecular weight excluding hydrogens is 1010 g/mol. The molecule has 0 bridgehead atoms. The number of carboxylic acids is 3. The summed E-state index contributed by atoms with van der Waals surface area (Å²) in [6.07, 6.45) is 17.8. The number of amidine groups is 1. The third-order valence-corrected chi connectivity index (χ3v) is 19.7. The predicted octanol–water partition coefficient (Wildman–Crippen LogP) is 5.41. The highest BCUT2D eigenvalue weighted by molar-refractivity contribution is 8.78. The number of nitrogens with one attached hydrogen (secondary N) is 4. The van der Waals surface area contributed by atoms with Crippen LogP contribution in [0.2, 0.25) is 0 Å². The predicted molar refractivity (Wildman–Crippen MR) is 290 cm³/mol. The van der Waals surface area contributed by atoms with E-state index in [2.05, 4.69) is 25.9 Å². The molecule has 0 aromatic carbocycles. The fraction of sp³-hybridized carbons (Fsp3) is 0.791. The van der Waals surface area contributed by atoms with Crippen molar-refractivity contribution in [1.29, 1.82) is 5.41 Å². The Hall–Kier alpha value is -3.07. The lowest BCUT2D eigenvalue weighted by atomic mass is 10.1. The second-order valence-electron chi connectivity index (χ2n) is 16.8. The van der Waals surface area contributed by atoms with Crippen molar-refractivity contribution >= 4 is 118 Å². The number of hydrogen-bond donors (Lipinski definition) is 12. The Bertz CT molecular complexity index is 1580. The minimum atomic E-state index is -1.07. The maximum atomic E-state index is 11.9. The molecule has 0 aliphatic carbocycles. The van der Waals surface area contributed by atoms with Crippen molar-refractivity contribution in [3.63, 3.8) is 0 Å². The minimum absolute atomic E-state index is 0.0349. The van der Waals surface area contributed by atoms with Crippen LogP contribution in [0.15, 0.2) is 9.98 Å². The molecular formula is C43H79N11O9S6. The summed E-state index contributed by atoms with van der Waals surface area (Å²) >= 11 is 0. The number of aliphatic imine (C=N–C) groups is 2. The highest BCUT2D eigenvalue weighted by atomic mass is 33.1. The molecule has 6 atom stereocenters. The van der Waals surface area contributed by atoms with Crippen LogP contribution < -0.4 is 44.6 Å². The molecule has 3 saturated heterocycles. The molecule has 3 aliphatic heterocycles. The zero-order valence-electron chi connectivity index (χ0n) is 39.8. The number of guanidine groups is 2. The van der Waals surface area contributed by atoms with E-state index in [1.807, 2.05) is 64.8 Å². The van der Waals surface area contributed by atoms with E-state index in [-0.39, 0.29) is 48.4 Å². The molecule has 3 amide bonds. The van der Waals surface area contributed by atoms with Gasteiger partial charge in [0.1, 0.15) is 18.1 Å². The van der Waals surface area contributed by atoms with E-state index < -0.39 is 36.0 Å². The Balaban J connectivity index is 0.000000518. The number of hydrogen-bond acceptors (Lipinski definition) is 15. The number of amides is 3. The van der Waals surface area contributed by atoms with E-state index in [1.165, 1.54) is 36.5 Å². The summed E-state index contributed by atoms with van der Waals surface area (Å²) in [7, 11) is 11.6. The van der Waals surface area contributed by atoms with Crippen LogP contribution in [-0.2, 0) is 28.8 Å². The van der Waals surface area contributed by atoms with Crippen LogP contribution >= 0.6 is 64.8 Å². The van der Waals surface area contributed by atoms with E-state index in [4.69, 9.17) is 44.3 Å². The van der Waals surface area contributed by atoms with Crippen molar-refractivity contribution in [2.45, 2.75) is 182 Å². The molecule has 0 spiro atoms. The molecule has 3 rings (SSSR count). The molecule has 3 aliphatic rings. The number of nitrogens with two attached hydrogens (primary N) is 5. The Morgan fingerprint density at radius 2 is 0.812 bits per heavy atom. The van der Waals surface area contributed by atoms with Gasteiger partial charge in [0.2, 0.25) is 17.7 Å². The van der Waals surface area contributed by atoms with Crippen molar-refractivity contribution < 1.29 is 44.1 Å². The van der Waals surface area contributed by atoms with Crippen LogP contribution in [0.5, 0.6) is 0 Å². The first-order valence-corrected chi connectivity index (χ1v) is 31.0. The van der Waals surface area contributed by atoms with E-state index in [0.717, 1.165) is 68.3 Å². The fourth-order valence-corrected chi connectivity index (χ4v) is 16.0. The average molecular weight is 1090 g/mol. The molecule has 3 fully saturated rings. The summed E-state index contributed by atoms with van der Waals surface area (Å²) in [6.45, 7) is 0.649. The normalized spacial score (nSPS) is 18.4. The second-order valence-corrected chi connectivity index (χ2v) is 25.1. The smallest absolute Gasteiger partial charge is 0.326 e. The fourth-order valence-electron chi connectivity index (χ4n) is 6.89. The number of nitrogens with zero attached hydrogens (tertiary/aromatic N) is 2. The summed E-state index contributed by atoms with van der Waals surface area (Å²) in [6, 6.07) is -2.62. The average Bonchev–Trinajstić information content (AvgIpc) is 4.12. The number of unbranched alkanes of at least 4 members (excludes halogenated alkanes) is 5. The molecule has 69 heavy (non-hydrogen) atoms. The van der Waals surface area contributed by atoms with Crippen LogP contribution in [0.4, 0.5) is 0 Å². The summed E-state index contributed by atoms with van der Waals surface area (Å²) < 4.78 is 0. The lowest BCUT2D eigenvalue weighted by molar-refractivity contribution is -0.142. The maximum absolute atomic E-state index is 11.9. The monoisotopic (exact) mass is 1090 g/mol. The third-order valence-electron chi connectivity index (χ3n) is 10.7. The van der Waals surface area contributed by atoms with Crippen LogP contribution in [0.25, 0.3) is 0 Å². The zero-order chi connectivity index (χ0) is 51.2. The summed E-state index contributed by atoms with van der Waals surface area (Å²) in [5, 5.41) is 44.4. The van der Waals surface area contributed by atoms with Gasteiger partial charge in [-0.25, -0.2) is 14.4 Å². The number of carbonyl (C=O) groups is 6. The number of rotatable bonds is 34. The Morgan fingerprint density at radius 1 is 0.478 bits per heavy atom. The van der Waals surface area contributed by atoms with Gasteiger partial charge in [0, 0.05) is 71.8 Å². The molecule has 0 saturated carbocycles. The largest absolute Gasteiger partial charge is 0.480 e. The molecule has 0 radical (unpaired) electrons. The molecule has 396 valence electrons. The summed E-state index contributed by atoms with van der Waals surface area (Å²) in [5.41, 5.74) is 26.1. The van der Waals surface area contributed by atoms with Crippen LogP contribution in [0.1, 0.15) is 148 Å². The van der Waals surface area contributed by atoms with Gasteiger partial charge in [-0.1, -0.05) is 90.4 Å². The second kappa shape index (κ2) is 40.5. The minimum Gasteiger partial charge on any atom is -0.480 e. The van der Waals surface area contributed by atoms with Gasteiger partial charge in [-0.15, -0.1) is 0 Å². The van der Waals surface area contributed by atoms with Gasteiger partial charge in [-0.05, 0) is 96.3 Å². The van der Waals surface area contributed by atoms with Crippen LogP contribution in [0.3, 0.4) is 0 Å². The number of carboxylic acid groups (broad SMARTS) is 3. The first-order valence-electron chi connectivity index (χ1n) is 23.8.